The van der Waals surface area contributed by atoms with E-state index < -0.39 is 15.8 Å². The number of benzene rings is 1. The molecule has 1 unspecified atom stereocenters. The van der Waals surface area contributed by atoms with E-state index in [0.717, 1.165) is 18.6 Å². The monoisotopic (exact) mass is 372 g/mol. The first kappa shape index (κ1) is 21.6. The lowest BCUT2D eigenvalue weighted by atomic mass is 10.0. The normalized spacial score (nSPS) is 13.3. The average molecular weight is 373 g/mol. The smallest absolute Gasteiger partial charge is 0.242 e. The van der Waals surface area contributed by atoms with Crippen LogP contribution in [-0.4, -0.2) is 50.2 Å². The van der Waals surface area contributed by atoms with Crippen LogP contribution in [0.4, 0.5) is 4.39 Å². The third-order valence-corrected chi connectivity index (χ3v) is 6.12. The molecule has 0 aliphatic heterocycles. The molecular formula is C18H29FN2O3S. The van der Waals surface area contributed by atoms with Crippen LogP contribution in [0.3, 0.4) is 0 Å². The topological polar surface area (TPSA) is 57.7 Å². The van der Waals surface area contributed by atoms with Crippen LogP contribution in [0, 0.1) is 11.7 Å². The summed E-state index contributed by atoms with van der Waals surface area (Å²) in [6.07, 6.45) is 1.66. The first-order valence-electron chi connectivity index (χ1n) is 8.53. The molecule has 0 N–H and O–H groups in total. The van der Waals surface area contributed by atoms with Crippen molar-refractivity contribution in [2.24, 2.45) is 5.92 Å². The van der Waals surface area contributed by atoms with Crippen LogP contribution >= 0.6 is 0 Å². The number of nitrogens with zero attached hydrogens (tertiary/aromatic N) is 2. The van der Waals surface area contributed by atoms with E-state index in [4.69, 9.17) is 0 Å². The minimum atomic E-state index is -3.66. The van der Waals surface area contributed by atoms with E-state index in [1.54, 1.807) is 11.9 Å². The maximum atomic E-state index is 12.9. The number of carbonyl (C=O) groups excluding carboxylic acids is 1. The van der Waals surface area contributed by atoms with Crippen LogP contribution in [0.15, 0.2) is 29.2 Å². The highest BCUT2D eigenvalue weighted by Crippen LogP contribution is 2.16. The summed E-state index contributed by atoms with van der Waals surface area (Å²) in [4.78, 5) is 14.0. The second kappa shape index (κ2) is 9.29. The van der Waals surface area contributed by atoms with Crippen molar-refractivity contribution in [1.82, 2.24) is 9.21 Å². The Kier molecular flexibility index (Phi) is 8.02. The molecule has 0 aliphatic rings. The number of rotatable bonds is 9. The predicted octanol–water partition coefficient (Wildman–Crippen LogP) is 3.12. The Balaban J connectivity index is 2.54. The predicted molar refractivity (Wildman–Crippen MR) is 97.1 cm³/mol. The SMILES string of the molecule is CC(C)CC(C)N(C)C(=O)CCCN(C)S(=O)(=O)c1ccc(F)cc1. The second-order valence-corrected chi connectivity index (χ2v) is 8.91. The van der Waals surface area contributed by atoms with Gasteiger partial charge in [-0.05, 0) is 49.9 Å². The number of sulfonamides is 1. The highest BCUT2D eigenvalue weighted by Gasteiger charge is 2.21. The lowest BCUT2D eigenvalue weighted by molar-refractivity contribution is -0.132. The van der Waals surface area contributed by atoms with Gasteiger partial charge in [0.15, 0.2) is 0 Å². The van der Waals surface area contributed by atoms with Crippen LogP contribution in [-0.2, 0) is 14.8 Å². The van der Waals surface area contributed by atoms with Gasteiger partial charge in [-0.25, -0.2) is 17.1 Å². The highest BCUT2D eigenvalue weighted by molar-refractivity contribution is 7.89. The summed E-state index contributed by atoms with van der Waals surface area (Å²) >= 11 is 0. The van der Waals surface area contributed by atoms with Gasteiger partial charge in [-0.15, -0.1) is 0 Å². The van der Waals surface area contributed by atoms with Gasteiger partial charge in [0.05, 0.1) is 4.90 Å². The van der Waals surface area contributed by atoms with Gasteiger partial charge < -0.3 is 4.90 Å². The fraction of sp³-hybridized carbons (Fsp3) is 0.611. The van der Waals surface area contributed by atoms with Crippen molar-refractivity contribution in [1.29, 1.82) is 0 Å². The molecule has 0 fully saturated rings. The molecular weight excluding hydrogens is 343 g/mol. The van der Waals surface area contributed by atoms with Gasteiger partial charge >= 0.3 is 0 Å². The molecule has 0 spiro atoms. The van der Waals surface area contributed by atoms with E-state index in [9.17, 15) is 17.6 Å². The Bertz CT molecular complexity index is 659. The third kappa shape index (κ3) is 6.40. The number of halogens is 1. The van der Waals surface area contributed by atoms with Gasteiger partial charge in [-0.2, -0.15) is 0 Å². The minimum absolute atomic E-state index is 0.0146. The van der Waals surface area contributed by atoms with E-state index >= 15 is 0 Å². The molecule has 142 valence electrons. The van der Waals surface area contributed by atoms with Crippen molar-refractivity contribution in [3.05, 3.63) is 30.1 Å². The van der Waals surface area contributed by atoms with E-state index in [0.29, 0.717) is 18.8 Å². The molecule has 7 heteroatoms. The van der Waals surface area contributed by atoms with Crippen molar-refractivity contribution in [2.45, 2.75) is 51.0 Å². The van der Waals surface area contributed by atoms with Crippen molar-refractivity contribution < 1.29 is 17.6 Å². The van der Waals surface area contributed by atoms with Crippen LogP contribution in [0.5, 0.6) is 0 Å². The molecule has 1 amide bonds. The highest BCUT2D eigenvalue weighted by atomic mass is 32.2. The summed E-state index contributed by atoms with van der Waals surface area (Å²) in [5.41, 5.74) is 0. The molecule has 25 heavy (non-hydrogen) atoms. The molecule has 1 atom stereocenters. The molecule has 1 aromatic rings. The standard InChI is InChI=1S/C18H29FN2O3S/c1-14(2)13-15(3)21(5)18(22)7-6-12-20(4)25(23,24)17-10-8-16(19)9-11-17/h8-11,14-15H,6-7,12-13H2,1-5H3. The second-order valence-electron chi connectivity index (χ2n) is 6.87. The molecule has 0 radical (unpaired) electrons. The Morgan fingerprint density at radius 3 is 2.20 bits per heavy atom. The Hall–Kier alpha value is -1.47. The zero-order chi connectivity index (χ0) is 19.2. The zero-order valence-electron chi connectivity index (χ0n) is 15.7. The van der Waals surface area contributed by atoms with Gasteiger partial charge in [-0.3, -0.25) is 4.79 Å². The van der Waals surface area contributed by atoms with Gasteiger partial charge in [0.2, 0.25) is 15.9 Å². The van der Waals surface area contributed by atoms with Gasteiger partial charge in [0.25, 0.3) is 0 Å². The minimum Gasteiger partial charge on any atom is -0.343 e. The summed E-state index contributed by atoms with van der Waals surface area (Å²) in [6, 6.07) is 4.89. The van der Waals surface area contributed by atoms with E-state index in [2.05, 4.69) is 13.8 Å². The largest absolute Gasteiger partial charge is 0.343 e. The number of amides is 1. The average Bonchev–Trinajstić information content (AvgIpc) is 2.53. The van der Waals surface area contributed by atoms with Crippen molar-refractivity contribution in [2.75, 3.05) is 20.6 Å². The van der Waals surface area contributed by atoms with Crippen molar-refractivity contribution in [3.63, 3.8) is 0 Å². The molecule has 0 aromatic heterocycles. The van der Waals surface area contributed by atoms with Crippen LogP contribution in [0.2, 0.25) is 0 Å². The maximum absolute atomic E-state index is 12.9. The summed E-state index contributed by atoms with van der Waals surface area (Å²) in [5.74, 6) is 0.0451. The first-order chi connectivity index (χ1) is 11.6. The number of carbonyl (C=O) groups is 1. The molecule has 0 saturated carbocycles. The molecule has 0 heterocycles. The first-order valence-corrected chi connectivity index (χ1v) is 9.97. The Morgan fingerprint density at radius 1 is 1.12 bits per heavy atom. The summed E-state index contributed by atoms with van der Waals surface area (Å²) in [7, 11) is -0.412. The molecule has 1 rings (SSSR count). The Labute approximate surface area is 150 Å². The summed E-state index contributed by atoms with van der Waals surface area (Å²) in [5, 5.41) is 0. The quantitative estimate of drug-likeness (QED) is 0.669. The van der Waals surface area contributed by atoms with E-state index in [-0.39, 0.29) is 23.4 Å². The van der Waals surface area contributed by atoms with Crippen LogP contribution in [0.25, 0.3) is 0 Å². The zero-order valence-corrected chi connectivity index (χ0v) is 16.5. The van der Waals surface area contributed by atoms with Gasteiger partial charge in [0, 0.05) is 33.1 Å². The molecule has 0 bridgehead atoms. The van der Waals surface area contributed by atoms with Gasteiger partial charge in [-0.1, -0.05) is 13.8 Å². The van der Waals surface area contributed by atoms with E-state index in [1.165, 1.54) is 23.5 Å². The molecule has 1 aromatic carbocycles. The van der Waals surface area contributed by atoms with Crippen molar-refractivity contribution >= 4 is 15.9 Å². The van der Waals surface area contributed by atoms with E-state index in [1.807, 2.05) is 6.92 Å². The lowest BCUT2D eigenvalue weighted by Crippen LogP contribution is -2.36. The third-order valence-electron chi connectivity index (χ3n) is 4.25. The summed E-state index contributed by atoms with van der Waals surface area (Å²) in [6.45, 7) is 6.48. The molecule has 0 saturated heterocycles. The van der Waals surface area contributed by atoms with Crippen LogP contribution < -0.4 is 0 Å². The number of hydrogen-bond donors (Lipinski definition) is 0. The fourth-order valence-corrected chi connectivity index (χ4v) is 3.83. The molecule has 5 nitrogen and oxygen atoms in total. The maximum Gasteiger partial charge on any atom is 0.242 e. The van der Waals surface area contributed by atoms with Crippen molar-refractivity contribution in [3.8, 4) is 0 Å². The lowest BCUT2D eigenvalue weighted by Gasteiger charge is -2.26. The summed E-state index contributed by atoms with van der Waals surface area (Å²) < 4.78 is 38.9. The number of hydrogen-bond acceptors (Lipinski definition) is 3. The fourth-order valence-electron chi connectivity index (χ4n) is 2.62. The van der Waals surface area contributed by atoms with Crippen LogP contribution in [0.1, 0.15) is 40.0 Å². The Morgan fingerprint density at radius 2 is 1.68 bits per heavy atom. The van der Waals surface area contributed by atoms with Gasteiger partial charge in [0.1, 0.15) is 5.82 Å². The molecule has 0 aliphatic carbocycles.